The summed E-state index contributed by atoms with van der Waals surface area (Å²) < 4.78 is 1.14. The number of hydrogen-bond donors (Lipinski definition) is 2. The maximum atomic E-state index is 6.20. The van der Waals surface area contributed by atoms with Crippen molar-refractivity contribution in [1.29, 1.82) is 0 Å². The molecule has 1 aromatic heterocycles. The van der Waals surface area contributed by atoms with Crippen LogP contribution in [0.5, 0.6) is 0 Å². The van der Waals surface area contributed by atoms with Crippen molar-refractivity contribution in [3.8, 4) is 11.3 Å². The van der Waals surface area contributed by atoms with Gasteiger partial charge in [-0.05, 0) is 81.1 Å². The second-order valence-corrected chi connectivity index (χ2v) is 11.7. The number of hydrogen-bond acceptors (Lipinski definition) is 6. The lowest BCUT2D eigenvalue weighted by atomic mass is 9.90. The van der Waals surface area contributed by atoms with Crippen LogP contribution in [-0.2, 0) is 6.54 Å². The van der Waals surface area contributed by atoms with E-state index in [1.54, 1.807) is 11.3 Å². The summed E-state index contributed by atoms with van der Waals surface area (Å²) in [7, 11) is 0. The maximum Gasteiger partial charge on any atom is 0.150 e. The van der Waals surface area contributed by atoms with Crippen LogP contribution in [0.4, 0.5) is 5.69 Å². The molecule has 4 rings (SSSR count). The van der Waals surface area contributed by atoms with Gasteiger partial charge in [0.25, 0.3) is 0 Å². The second kappa shape index (κ2) is 11.9. The molecule has 1 aliphatic heterocycles. The highest BCUT2D eigenvalue weighted by Gasteiger charge is 2.28. The minimum Gasteiger partial charge on any atom is -0.399 e. The molecule has 0 radical (unpaired) electrons. The fraction of sp³-hybridized carbons (Fsp3) is 0.400. The van der Waals surface area contributed by atoms with Crippen LogP contribution >= 0.6 is 46.3 Å². The molecule has 2 heterocycles. The van der Waals surface area contributed by atoms with E-state index in [0.29, 0.717) is 21.2 Å². The summed E-state index contributed by atoms with van der Waals surface area (Å²) in [5.74, 6) is 0.676. The van der Waals surface area contributed by atoms with E-state index in [-0.39, 0.29) is 0 Å². The molecular formula is C25H30Cl2N4S2. The number of benzene rings is 2. The summed E-state index contributed by atoms with van der Waals surface area (Å²) in [6.07, 6.45) is 4.58. The van der Waals surface area contributed by atoms with Crippen molar-refractivity contribution in [3.05, 3.63) is 63.5 Å². The van der Waals surface area contributed by atoms with Crippen molar-refractivity contribution in [2.75, 3.05) is 25.4 Å². The Hall–Kier alpha value is -1.28. The highest BCUT2D eigenvalue weighted by Crippen LogP contribution is 2.39. The Labute approximate surface area is 214 Å². The predicted octanol–water partition coefficient (Wildman–Crippen LogP) is 6.81. The van der Waals surface area contributed by atoms with E-state index in [4.69, 9.17) is 39.7 Å². The van der Waals surface area contributed by atoms with Gasteiger partial charge in [-0.1, -0.05) is 53.2 Å². The first kappa shape index (κ1) is 24.8. The molecule has 2 aromatic carbocycles. The number of halogens is 2. The SMILES string of the molecule is NCCCC(Sc1nc(-c2ccc(N)cc2)cs1)C1CCN(Cc2ccc(Cl)c(Cl)c2)CC1. The molecule has 0 aliphatic carbocycles. The number of aromatic nitrogens is 1. The van der Waals surface area contributed by atoms with E-state index in [9.17, 15) is 0 Å². The van der Waals surface area contributed by atoms with Gasteiger partial charge in [0.05, 0.1) is 15.7 Å². The Bertz CT molecular complexity index is 1030. The summed E-state index contributed by atoms with van der Waals surface area (Å²) in [6, 6.07) is 13.9. The Morgan fingerprint density at radius 1 is 1.09 bits per heavy atom. The molecule has 4 N–H and O–H groups in total. The van der Waals surface area contributed by atoms with E-state index >= 15 is 0 Å². The lowest BCUT2D eigenvalue weighted by Gasteiger charge is -2.35. The predicted molar refractivity (Wildman–Crippen MR) is 144 cm³/mol. The van der Waals surface area contributed by atoms with Gasteiger partial charge in [-0.2, -0.15) is 0 Å². The zero-order chi connectivity index (χ0) is 23.2. The zero-order valence-corrected chi connectivity index (χ0v) is 21.7. The number of rotatable bonds is 9. The molecule has 0 bridgehead atoms. The molecule has 1 unspecified atom stereocenters. The molecule has 33 heavy (non-hydrogen) atoms. The Kier molecular flexibility index (Phi) is 8.97. The van der Waals surface area contributed by atoms with Gasteiger partial charge in [-0.3, -0.25) is 4.90 Å². The van der Waals surface area contributed by atoms with Crippen LogP contribution in [0.3, 0.4) is 0 Å². The molecule has 8 heteroatoms. The molecule has 1 saturated heterocycles. The summed E-state index contributed by atoms with van der Waals surface area (Å²) in [6.45, 7) is 3.85. The second-order valence-electron chi connectivity index (χ2n) is 8.57. The molecule has 176 valence electrons. The van der Waals surface area contributed by atoms with Gasteiger partial charge in [0.2, 0.25) is 0 Å². The highest BCUT2D eigenvalue weighted by molar-refractivity contribution is 8.01. The standard InChI is InChI=1S/C25H30Cl2N4S2/c26-21-8-3-17(14-22(21)27)15-31-12-9-19(10-13-31)24(2-1-11-28)33-25-30-23(16-32-25)18-4-6-20(29)7-5-18/h3-8,14,16,19,24H,1-2,9-13,15,28-29H2. The largest absolute Gasteiger partial charge is 0.399 e. The third-order valence-electron chi connectivity index (χ3n) is 6.18. The number of nitrogens with zero attached hydrogens (tertiary/aromatic N) is 2. The van der Waals surface area contributed by atoms with Gasteiger partial charge in [0.1, 0.15) is 0 Å². The van der Waals surface area contributed by atoms with Gasteiger partial charge >= 0.3 is 0 Å². The van der Waals surface area contributed by atoms with E-state index in [0.717, 1.165) is 60.3 Å². The first-order valence-electron chi connectivity index (χ1n) is 11.4. The van der Waals surface area contributed by atoms with Crippen LogP contribution in [0.1, 0.15) is 31.2 Å². The van der Waals surface area contributed by atoms with Gasteiger partial charge in [0, 0.05) is 28.4 Å². The van der Waals surface area contributed by atoms with Crippen molar-refractivity contribution >= 4 is 52.0 Å². The lowest BCUT2D eigenvalue weighted by molar-refractivity contribution is 0.173. The van der Waals surface area contributed by atoms with Crippen LogP contribution in [0.2, 0.25) is 10.0 Å². The monoisotopic (exact) mass is 520 g/mol. The molecule has 1 aliphatic rings. The van der Waals surface area contributed by atoms with Crippen LogP contribution < -0.4 is 11.5 Å². The van der Waals surface area contributed by atoms with Gasteiger partial charge < -0.3 is 11.5 Å². The molecule has 1 atom stereocenters. The molecule has 0 amide bonds. The Morgan fingerprint density at radius 2 is 1.85 bits per heavy atom. The maximum absolute atomic E-state index is 6.20. The van der Waals surface area contributed by atoms with Crippen LogP contribution in [0, 0.1) is 5.92 Å². The fourth-order valence-corrected chi connectivity index (χ4v) is 7.09. The molecule has 0 spiro atoms. The molecule has 0 saturated carbocycles. The van der Waals surface area contributed by atoms with Gasteiger partial charge in [-0.15, -0.1) is 11.3 Å². The summed E-state index contributed by atoms with van der Waals surface area (Å²) in [5.41, 5.74) is 15.8. The third-order valence-corrected chi connectivity index (χ3v) is 9.35. The van der Waals surface area contributed by atoms with E-state index in [2.05, 4.69) is 16.3 Å². The fourth-order valence-electron chi connectivity index (χ4n) is 4.32. The van der Waals surface area contributed by atoms with E-state index in [1.165, 1.54) is 18.4 Å². The average Bonchev–Trinajstić information content (AvgIpc) is 3.29. The average molecular weight is 522 g/mol. The third kappa shape index (κ3) is 6.87. The van der Waals surface area contributed by atoms with E-state index in [1.807, 2.05) is 48.2 Å². The quantitative estimate of drug-likeness (QED) is 0.239. The lowest BCUT2D eigenvalue weighted by Crippen LogP contribution is -2.36. The first-order chi connectivity index (χ1) is 16.0. The number of piperidine rings is 1. The van der Waals surface area contributed by atoms with E-state index < -0.39 is 0 Å². The van der Waals surface area contributed by atoms with Crippen molar-refractivity contribution in [2.45, 2.75) is 41.8 Å². The highest BCUT2D eigenvalue weighted by atomic mass is 35.5. The zero-order valence-electron chi connectivity index (χ0n) is 18.6. The normalized spacial score (nSPS) is 16.2. The number of thiazole rings is 1. The van der Waals surface area contributed by atoms with Crippen LogP contribution in [-0.4, -0.2) is 34.8 Å². The first-order valence-corrected chi connectivity index (χ1v) is 13.9. The van der Waals surface area contributed by atoms with Crippen LogP contribution in [0.15, 0.2) is 52.2 Å². The van der Waals surface area contributed by atoms with Gasteiger partial charge in [0.15, 0.2) is 4.34 Å². The number of nitrogens with two attached hydrogens (primary N) is 2. The number of likely N-dealkylation sites (tertiary alicyclic amines) is 1. The summed E-state index contributed by atoms with van der Waals surface area (Å²) in [4.78, 5) is 7.43. The topological polar surface area (TPSA) is 68.2 Å². The van der Waals surface area contributed by atoms with Gasteiger partial charge in [-0.25, -0.2) is 4.98 Å². The number of nitrogen functional groups attached to an aromatic ring is 1. The van der Waals surface area contributed by atoms with Crippen molar-refractivity contribution in [1.82, 2.24) is 9.88 Å². The summed E-state index contributed by atoms with van der Waals surface area (Å²) >= 11 is 15.9. The van der Waals surface area contributed by atoms with Crippen molar-refractivity contribution in [3.63, 3.8) is 0 Å². The molecule has 4 nitrogen and oxygen atoms in total. The Balaban J connectivity index is 1.36. The minimum atomic E-state index is 0.547. The summed E-state index contributed by atoms with van der Waals surface area (Å²) in [5, 5.41) is 3.93. The van der Waals surface area contributed by atoms with Crippen LogP contribution in [0.25, 0.3) is 11.3 Å². The number of thioether (sulfide) groups is 1. The Morgan fingerprint density at radius 3 is 2.55 bits per heavy atom. The number of anilines is 1. The molecular weight excluding hydrogens is 491 g/mol. The smallest absolute Gasteiger partial charge is 0.150 e. The van der Waals surface area contributed by atoms with Crippen molar-refractivity contribution < 1.29 is 0 Å². The molecule has 3 aromatic rings. The minimum absolute atomic E-state index is 0.547. The molecule has 1 fully saturated rings. The van der Waals surface area contributed by atoms with Crippen molar-refractivity contribution in [2.24, 2.45) is 11.7 Å².